The lowest BCUT2D eigenvalue weighted by Crippen LogP contribution is -2.06. The Hall–Kier alpha value is -2.86. The lowest BCUT2D eigenvalue weighted by Gasteiger charge is -2.11. The average molecular weight is 385 g/mol. The second-order valence-electron chi connectivity index (χ2n) is 6.15. The van der Waals surface area contributed by atoms with Crippen LogP contribution >= 0.6 is 0 Å². The van der Waals surface area contributed by atoms with Gasteiger partial charge >= 0.3 is 0 Å². The highest BCUT2D eigenvalue weighted by molar-refractivity contribution is 7.90. The zero-order valence-corrected chi connectivity index (χ0v) is 15.7. The second kappa shape index (κ2) is 8.22. The van der Waals surface area contributed by atoms with E-state index in [-0.39, 0.29) is 17.3 Å². The Bertz CT molecular complexity index is 1020. The van der Waals surface area contributed by atoms with E-state index in [0.29, 0.717) is 23.5 Å². The molecule has 0 aliphatic rings. The van der Waals surface area contributed by atoms with Gasteiger partial charge in [-0.2, -0.15) is 0 Å². The van der Waals surface area contributed by atoms with E-state index in [1.807, 2.05) is 12.1 Å². The van der Waals surface area contributed by atoms with Crippen molar-refractivity contribution in [3.05, 3.63) is 89.7 Å². The highest BCUT2D eigenvalue weighted by atomic mass is 32.2. The molecule has 6 heteroatoms. The summed E-state index contributed by atoms with van der Waals surface area (Å²) < 4.78 is 42.9. The molecule has 0 aromatic heterocycles. The zero-order valence-electron chi connectivity index (χ0n) is 14.9. The van der Waals surface area contributed by atoms with Crippen LogP contribution in [0, 0.1) is 5.82 Å². The van der Waals surface area contributed by atoms with Crippen molar-refractivity contribution in [3.8, 4) is 5.75 Å². The van der Waals surface area contributed by atoms with Gasteiger partial charge in [-0.1, -0.05) is 42.5 Å². The minimum atomic E-state index is -3.29. The molecule has 0 saturated heterocycles. The molecule has 0 bridgehead atoms. The van der Waals surface area contributed by atoms with Gasteiger partial charge in [0.2, 0.25) is 0 Å². The number of hydrogen-bond donors (Lipinski definition) is 1. The van der Waals surface area contributed by atoms with Crippen LogP contribution in [-0.4, -0.2) is 14.7 Å². The van der Waals surface area contributed by atoms with E-state index in [4.69, 9.17) is 4.74 Å². The first kappa shape index (κ1) is 18.9. The maximum atomic E-state index is 13.6. The van der Waals surface area contributed by atoms with Gasteiger partial charge in [0.05, 0.1) is 10.6 Å². The molecular weight excluding hydrogens is 365 g/mol. The third kappa shape index (κ3) is 5.08. The molecule has 4 nitrogen and oxygen atoms in total. The van der Waals surface area contributed by atoms with E-state index < -0.39 is 9.84 Å². The van der Waals surface area contributed by atoms with E-state index >= 15 is 0 Å². The topological polar surface area (TPSA) is 55.4 Å². The van der Waals surface area contributed by atoms with Gasteiger partial charge in [-0.25, -0.2) is 12.8 Å². The maximum absolute atomic E-state index is 13.6. The molecule has 27 heavy (non-hydrogen) atoms. The Labute approximate surface area is 158 Å². The summed E-state index contributed by atoms with van der Waals surface area (Å²) in [5.41, 5.74) is 2.04. The number of benzene rings is 3. The van der Waals surface area contributed by atoms with Gasteiger partial charge in [0.1, 0.15) is 18.2 Å². The molecule has 0 aliphatic carbocycles. The highest BCUT2D eigenvalue weighted by Gasteiger charge is 2.12. The lowest BCUT2D eigenvalue weighted by molar-refractivity contribution is 0.300. The maximum Gasteiger partial charge on any atom is 0.177 e. The van der Waals surface area contributed by atoms with Crippen LogP contribution in [-0.2, 0) is 23.0 Å². The van der Waals surface area contributed by atoms with Crippen molar-refractivity contribution in [1.29, 1.82) is 0 Å². The first-order valence-corrected chi connectivity index (χ1v) is 10.3. The Morgan fingerprint density at radius 2 is 1.59 bits per heavy atom. The molecule has 0 radical (unpaired) electrons. The molecular formula is C21H20FNO3S. The third-order valence-corrected chi connectivity index (χ3v) is 5.20. The van der Waals surface area contributed by atoms with Crippen LogP contribution in [0.4, 0.5) is 10.1 Å². The minimum absolute atomic E-state index is 0.159. The van der Waals surface area contributed by atoms with Gasteiger partial charge in [0.25, 0.3) is 0 Å². The fraction of sp³-hybridized carbons (Fsp3) is 0.143. The van der Waals surface area contributed by atoms with E-state index in [9.17, 15) is 12.8 Å². The third-order valence-electron chi connectivity index (χ3n) is 4.05. The molecule has 0 saturated carbocycles. The monoisotopic (exact) mass is 385 g/mol. The summed E-state index contributed by atoms with van der Waals surface area (Å²) in [6.07, 6.45) is 1.19. The standard InChI is InChI=1S/C21H20FNO3S/c1-27(24,25)21-9-5-4-8-20(21)23-14-16-10-12-18(13-11-16)26-15-17-6-2-3-7-19(17)22/h2-13,23H,14-15H2,1H3. The number of ether oxygens (including phenoxy) is 1. The van der Waals surface area contributed by atoms with Gasteiger partial charge in [-0.3, -0.25) is 0 Å². The quantitative estimate of drug-likeness (QED) is 0.654. The van der Waals surface area contributed by atoms with Gasteiger partial charge in [0.15, 0.2) is 9.84 Å². The van der Waals surface area contributed by atoms with E-state index in [0.717, 1.165) is 5.56 Å². The smallest absolute Gasteiger partial charge is 0.177 e. The molecule has 0 aliphatic heterocycles. The fourth-order valence-corrected chi connectivity index (χ4v) is 3.48. The summed E-state index contributed by atoms with van der Waals surface area (Å²) in [6, 6.07) is 20.7. The highest BCUT2D eigenvalue weighted by Crippen LogP contribution is 2.22. The molecule has 0 unspecified atom stereocenters. The number of anilines is 1. The van der Waals surface area contributed by atoms with Crippen LogP contribution < -0.4 is 10.1 Å². The molecule has 3 rings (SSSR count). The minimum Gasteiger partial charge on any atom is -0.489 e. The molecule has 0 amide bonds. The van der Waals surface area contributed by atoms with Crippen molar-refractivity contribution in [2.45, 2.75) is 18.0 Å². The number of hydrogen-bond acceptors (Lipinski definition) is 4. The van der Waals surface area contributed by atoms with Crippen molar-refractivity contribution < 1.29 is 17.5 Å². The van der Waals surface area contributed by atoms with Crippen molar-refractivity contribution >= 4 is 15.5 Å². The number of nitrogens with one attached hydrogen (secondary N) is 1. The van der Waals surface area contributed by atoms with Crippen LogP contribution in [0.3, 0.4) is 0 Å². The van der Waals surface area contributed by atoms with Crippen LogP contribution in [0.25, 0.3) is 0 Å². The number of para-hydroxylation sites is 1. The Balaban J connectivity index is 1.61. The van der Waals surface area contributed by atoms with Crippen molar-refractivity contribution in [3.63, 3.8) is 0 Å². The van der Waals surface area contributed by atoms with E-state index in [1.54, 1.807) is 54.6 Å². The van der Waals surface area contributed by atoms with Crippen molar-refractivity contribution in [1.82, 2.24) is 0 Å². The summed E-state index contributed by atoms with van der Waals surface area (Å²) in [6.45, 7) is 0.631. The van der Waals surface area contributed by atoms with E-state index in [2.05, 4.69) is 5.32 Å². The second-order valence-corrected chi connectivity index (χ2v) is 8.13. The number of halogens is 1. The molecule has 140 valence electrons. The SMILES string of the molecule is CS(=O)(=O)c1ccccc1NCc1ccc(OCc2ccccc2F)cc1. The molecule has 3 aromatic carbocycles. The zero-order chi connectivity index (χ0) is 19.3. The molecule has 0 atom stereocenters. The van der Waals surface area contributed by atoms with Crippen molar-refractivity contribution in [2.75, 3.05) is 11.6 Å². The largest absolute Gasteiger partial charge is 0.489 e. The summed E-state index contributed by atoms with van der Waals surface area (Å²) in [5.74, 6) is 0.349. The average Bonchev–Trinajstić information content (AvgIpc) is 2.66. The van der Waals surface area contributed by atoms with Crippen LogP contribution in [0.2, 0.25) is 0 Å². The van der Waals surface area contributed by atoms with Crippen LogP contribution in [0.5, 0.6) is 5.75 Å². The first-order chi connectivity index (χ1) is 12.9. The normalized spacial score (nSPS) is 11.2. The van der Waals surface area contributed by atoms with Crippen LogP contribution in [0.15, 0.2) is 77.7 Å². The van der Waals surface area contributed by atoms with Gasteiger partial charge in [0, 0.05) is 18.4 Å². The molecule has 1 N–H and O–H groups in total. The predicted octanol–water partition coefficient (Wildman–Crippen LogP) is 4.42. The molecule has 0 fully saturated rings. The summed E-state index contributed by atoms with van der Waals surface area (Å²) >= 11 is 0. The summed E-state index contributed by atoms with van der Waals surface area (Å²) in [4.78, 5) is 0.273. The molecule has 3 aromatic rings. The van der Waals surface area contributed by atoms with E-state index in [1.165, 1.54) is 12.3 Å². The van der Waals surface area contributed by atoms with Crippen molar-refractivity contribution in [2.24, 2.45) is 0 Å². The first-order valence-electron chi connectivity index (χ1n) is 8.41. The Morgan fingerprint density at radius 3 is 2.30 bits per heavy atom. The lowest BCUT2D eigenvalue weighted by atomic mass is 10.2. The molecule has 0 spiro atoms. The predicted molar refractivity (Wildman–Crippen MR) is 104 cm³/mol. The van der Waals surface area contributed by atoms with Crippen LogP contribution in [0.1, 0.15) is 11.1 Å². The fourth-order valence-electron chi connectivity index (χ4n) is 2.61. The molecule has 0 heterocycles. The number of rotatable bonds is 7. The van der Waals surface area contributed by atoms with Gasteiger partial charge < -0.3 is 10.1 Å². The Morgan fingerprint density at radius 1 is 0.926 bits per heavy atom. The summed E-state index contributed by atoms with van der Waals surface area (Å²) in [5, 5.41) is 3.15. The summed E-state index contributed by atoms with van der Waals surface area (Å²) in [7, 11) is -3.29. The number of sulfone groups is 1. The Kier molecular flexibility index (Phi) is 5.76. The van der Waals surface area contributed by atoms with Gasteiger partial charge in [-0.05, 0) is 35.9 Å². The van der Waals surface area contributed by atoms with Gasteiger partial charge in [-0.15, -0.1) is 0 Å².